The summed E-state index contributed by atoms with van der Waals surface area (Å²) in [5, 5.41) is 13.0. The summed E-state index contributed by atoms with van der Waals surface area (Å²) in [6.07, 6.45) is 1.69. The number of carbonyl (C=O) groups excluding carboxylic acids is 1. The molecule has 7 nitrogen and oxygen atoms in total. The number of carboxylic acid groups (broad SMARTS) is 1. The van der Waals surface area contributed by atoms with Gasteiger partial charge in [0.05, 0.1) is 11.4 Å². The predicted octanol–water partition coefficient (Wildman–Crippen LogP) is 4.03. The molecule has 1 aromatic heterocycles. The lowest BCUT2D eigenvalue weighted by atomic mass is 9.88. The van der Waals surface area contributed by atoms with Gasteiger partial charge in [-0.2, -0.15) is 0 Å². The fourth-order valence-corrected chi connectivity index (χ4v) is 4.06. The molecule has 2 aromatic carbocycles. The van der Waals surface area contributed by atoms with E-state index >= 15 is 0 Å². The lowest BCUT2D eigenvalue weighted by Crippen LogP contribution is -2.25. The third-order valence-electron chi connectivity index (χ3n) is 5.14. The van der Waals surface area contributed by atoms with Crippen molar-refractivity contribution in [3.8, 4) is 17.2 Å². The third-order valence-corrected chi connectivity index (χ3v) is 5.38. The maximum atomic E-state index is 12.4. The second-order valence-corrected chi connectivity index (χ2v) is 7.31. The van der Waals surface area contributed by atoms with Gasteiger partial charge in [0, 0.05) is 29.2 Å². The van der Waals surface area contributed by atoms with Crippen molar-refractivity contribution in [1.82, 2.24) is 4.57 Å². The summed E-state index contributed by atoms with van der Waals surface area (Å²) in [6.45, 7) is 0.150. The molecule has 3 aromatic rings. The summed E-state index contributed by atoms with van der Waals surface area (Å²) >= 11 is 6.16. The lowest BCUT2D eigenvalue weighted by Gasteiger charge is -2.26. The highest BCUT2D eigenvalue weighted by molar-refractivity contribution is 6.30. The molecule has 29 heavy (non-hydrogen) atoms. The van der Waals surface area contributed by atoms with Crippen LogP contribution in [0, 0.1) is 0 Å². The van der Waals surface area contributed by atoms with E-state index in [9.17, 15) is 14.7 Å². The van der Waals surface area contributed by atoms with Gasteiger partial charge >= 0.3 is 5.97 Å². The van der Waals surface area contributed by atoms with Crippen LogP contribution in [-0.4, -0.2) is 28.3 Å². The molecule has 3 heterocycles. The van der Waals surface area contributed by atoms with E-state index in [0.29, 0.717) is 33.6 Å². The van der Waals surface area contributed by atoms with E-state index in [4.69, 9.17) is 21.1 Å². The van der Waals surface area contributed by atoms with Crippen LogP contribution in [0.3, 0.4) is 0 Å². The zero-order valence-corrected chi connectivity index (χ0v) is 15.8. The van der Waals surface area contributed by atoms with Crippen LogP contribution in [-0.2, 0) is 4.79 Å². The number of hydrogen-bond donors (Lipinski definition) is 2. The normalized spacial score (nSPS) is 17.0. The highest BCUT2D eigenvalue weighted by Gasteiger charge is 2.35. The van der Waals surface area contributed by atoms with Crippen LogP contribution in [0.2, 0.25) is 5.02 Å². The maximum absolute atomic E-state index is 12.4. The minimum absolute atomic E-state index is 0.0266. The quantitative estimate of drug-likeness (QED) is 0.680. The molecule has 0 aliphatic carbocycles. The number of amides is 1. The molecule has 8 heteroatoms. The van der Waals surface area contributed by atoms with Gasteiger partial charge in [-0.1, -0.05) is 23.7 Å². The second kappa shape index (κ2) is 6.56. The number of aromatic carboxylic acids is 1. The Morgan fingerprint density at radius 2 is 2.00 bits per heavy atom. The largest absolute Gasteiger partial charge is 0.478 e. The van der Waals surface area contributed by atoms with Crippen molar-refractivity contribution in [3.63, 3.8) is 0 Å². The lowest BCUT2D eigenvalue weighted by molar-refractivity contribution is -0.116. The van der Waals surface area contributed by atoms with Crippen LogP contribution >= 0.6 is 11.6 Å². The molecule has 2 aliphatic heterocycles. The number of rotatable bonds is 3. The molecule has 0 saturated carbocycles. The van der Waals surface area contributed by atoms with E-state index < -0.39 is 5.97 Å². The van der Waals surface area contributed by atoms with E-state index in [1.807, 2.05) is 18.2 Å². The van der Waals surface area contributed by atoms with Gasteiger partial charge in [-0.3, -0.25) is 4.79 Å². The van der Waals surface area contributed by atoms with E-state index in [1.165, 1.54) is 6.20 Å². The highest BCUT2D eigenvalue weighted by atomic mass is 35.5. The van der Waals surface area contributed by atoms with Crippen molar-refractivity contribution in [1.29, 1.82) is 0 Å². The van der Waals surface area contributed by atoms with Crippen molar-refractivity contribution in [2.75, 3.05) is 12.1 Å². The SMILES string of the molecule is O=C1CC(c2ccc3c(c2)OCO3)c2c(c(C(=O)O)cn2-c2cccc(Cl)c2)N1. The summed E-state index contributed by atoms with van der Waals surface area (Å²) in [5.74, 6) is -0.472. The number of anilines is 1. The number of nitrogens with one attached hydrogen (secondary N) is 1. The van der Waals surface area contributed by atoms with Gasteiger partial charge in [0.25, 0.3) is 0 Å². The standard InChI is InChI=1S/C21H15ClN2O5/c22-12-2-1-3-13(7-12)24-9-15(21(26)27)19-20(24)14(8-18(25)23-19)11-4-5-16-17(6-11)29-10-28-16/h1-7,9,14H,8,10H2,(H,23,25)(H,26,27). The average molecular weight is 411 g/mol. The first kappa shape index (κ1) is 17.6. The zero-order valence-electron chi connectivity index (χ0n) is 15.0. The molecular weight excluding hydrogens is 396 g/mol. The molecule has 5 rings (SSSR count). The number of carboxylic acids is 1. The molecule has 2 N–H and O–H groups in total. The Morgan fingerprint density at radius 3 is 2.79 bits per heavy atom. The smallest absolute Gasteiger partial charge is 0.339 e. The molecule has 2 aliphatic rings. The van der Waals surface area contributed by atoms with E-state index in [0.717, 1.165) is 5.56 Å². The van der Waals surface area contributed by atoms with Crippen molar-refractivity contribution >= 4 is 29.2 Å². The van der Waals surface area contributed by atoms with Gasteiger partial charge in [0.15, 0.2) is 11.5 Å². The average Bonchev–Trinajstić information content (AvgIpc) is 3.31. The first-order valence-corrected chi connectivity index (χ1v) is 9.33. The van der Waals surface area contributed by atoms with Crippen molar-refractivity contribution in [3.05, 3.63) is 70.5 Å². The second-order valence-electron chi connectivity index (χ2n) is 6.88. The Morgan fingerprint density at radius 1 is 1.17 bits per heavy atom. The number of halogens is 1. The van der Waals surface area contributed by atoms with Crippen LogP contribution < -0.4 is 14.8 Å². The number of fused-ring (bicyclic) bond motifs is 2. The summed E-state index contributed by atoms with van der Waals surface area (Å²) in [7, 11) is 0. The number of aromatic nitrogens is 1. The Balaban J connectivity index is 1.73. The van der Waals surface area contributed by atoms with Gasteiger partial charge < -0.3 is 24.5 Å². The molecule has 0 bridgehead atoms. The summed E-state index contributed by atoms with van der Waals surface area (Å²) in [4.78, 5) is 24.3. The molecule has 1 amide bonds. The Hall–Kier alpha value is -3.45. The minimum Gasteiger partial charge on any atom is -0.478 e. The highest BCUT2D eigenvalue weighted by Crippen LogP contribution is 2.44. The number of carbonyl (C=O) groups is 2. The zero-order chi connectivity index (χ0) is 20.1. The van der Waals surface area contributed by atoms with Gasteiger partial charge in [0.1, 0.15) is 5.56 Å². The van der Waals surface area contributed by atoms with Crippen LogP contribution in [0.5, 0.6) is 11.5 Å². The summed E-state index contributed by atoms with van der Waals surface area (Å²) in [5.41, 5.74) is 2.56. The molecule has 0 saturated heterocycles. The van der Waals surface area contributed by atoms with Gasteiger partial charge in [-0.05, 0) is 35.9 Å². The molecular formula is C21H15ClN2O5. The van der Waals surface area contributed by atoms with Crippen LogP contribution in [0.4, 0.5) is 5.69 Å². The van der Waals surface area contributed by atoms with E-state index in [1.54, 1.807) is 28.8 Å². The summed E-state index contributed by atoms with van der Waals surface area (Å²) in [6, 6.07) is 12.6. The number of ether oxygens (including phenoxy) is 2. The molecule has 0 fully saturated rings. The van der Waals surface area contributed by atoms with Crippen molar-refractivity contribution in [2.45, 2.75) is 12.3 Å². The summed E-state index contributed by atoms with van der Waals surface area (Å²) < 4.78 is 12.6. The first-order chi connectivity index (χ1) is 14.0. The Kier molecular flexibility index (Phi) is 3.99. The number of nitrogens with zero attached hydrogens (tertiary/aromatic N) is 1. The molecule has 1 atom stereocenters. The Bertz CT molecular complexity index is 1170. The van der Waals surface area contributed by atoms with Gasteiger partial charge in [-0.15, -0.1) is 0 Å². The van der Waals surface area contributed by atoms with Gasteiger partial charge in [-0.25, -0.2) is 4.79 Å². The molecule has 0 spiro atoms. The van der Waals surface area contributed by atoms with Crippen molar-refractivity contribution < 1.29 is 24.2 Å². The Labute approximate surface area is 170 Å². The molecule has 1 unspecified atom stereocenters. The van der Waals surface area contributed by atoms with Crippen LogP contribution in [0.1, 0.15) is 34.0 Å². The topological polar surface area (TPSA) is 89.8 Å². The van der Waals surface area contributed by atoms with Crippen molar-refractivity contribution in [2.24, 2.45) is 0 Å². The third kappa shape index (κ3) is 2.91. The maximum Gasteiger partial charge on any atom is 0.339 e. The fourth-order valence-electron chi connectivity index (χ4n) is 3.87. The molecule has 146 valence electrons. The van der Waals surface area contributed by atoms with Gasteiger partial charge in [0.2, 0.25) is 12.7 Å². The number of benzene rings is 2. The predicted molar refractivity (Wildman–Crippen MR) is 105 cm³/mol. The van der Waals surface area contributed by atoms with Crippen LogP contribution in [0.15, 0.2) is 48.7 Å². The van der Waals surface area contributed by atoms with E-state index in [-0.39, 0.29) is 30.6 Å². The van der Waals surface area contributed by atoms with E-state index in [2.05, 4.69) is 5.32 Å². The monoisotopic (exact) mass is 410 g/mol. The number of hydrogen-bond acceptors (Lipinski definition) is 4. The minimum atomic E-state index is -1.12. The van der Waals surface area contributed by atoms with Crippen LogP contribution in [0.25, 0.3) is 5.69 Å². The fraction of sp³-hybridized carbons (Fsp3) is 0.143. The molecule has 0 radical (unpaired) electrons. The first-order valence-electron chi connectivity index (χ1n) is 8.95.